The van der Waals surface area contributed by atoms with Crippen molar-refractivity contribution in [3.63, 3.8) is 0 Å². The van der Waals surface area contributed by atoms with Crippen molar-refractivity contribution in [2.24, 2.45) is 0 Å². The van der Waals surface area contributed by atoms with Crippen LogP contribution in [0.15, 0.2) is 34.8 Å². The zero-order valence-corrected chi connectivity index (χ0v) is 17.5. The summed E-state index contributed by atoms with van der Waals surface area (Å²) in [6, 6.07) is 7.98. The average molecular weight is 473 g/mol. The summed E-state index contributed by atoms with van der Waals surface area (Å²) < 4.78 is 24.9. The molecular formula is C18H17BBrClFNO5. The van der Waals surface area contributed by atoms with Crippen molar-refractivity contribution in [3.8, 4) is 5.75 Å². The molecule has 6 nitrogen and oxygen atoms in total. The van der Waals surface area contributed by atoms with E-state index in [1.165, 1.54) is 19.2 Å². The van der Waals surface area contributed by atoms with E-state index >= 15 is 0 Å². The standard InChI is InChI=1S/C18H17BBrClFNO5/c1-27-16(24)8-12(22)5-10-6-13(19)18(14(20)7-10)28-9-11-3-2-4-15(17(11)21)23(25)26/h2-4,6-7,12H,5,8-9,19H2,1H3. The first-order valence-corrected chi connectivity index (χ1v) is 9.44. The Morgan fingerprint density at radius 3 is 2.75 bits per heavy atom. The van der Waals surface area contributed by atoms with Crippen LogP contribution < -0.4 is 10.2 Å². The Morgan fingerprint density at radius 2 is 2.14 bits per heavy atom. The summed E-state index contributed by atoms with van der Waals surface area (Å²) in [7, 11) is 3.02. The number of rotatable bonds is 8. The molecule has 0 aromatic heterocycles. The summed E-state index contributed by atoms with van der Waals surface area (Å²) in [5.41, 5.74) is 1.74. The lowest BCUT2D eigenvalue weighted by Gasteiger charge is -2.15. The molecular weight excluding hydrogens is 455 g/mol. The molecule has 0 aliphatic carbocycles. The molecule has 0 saturated carbocycles. The quantitative estimate of drug-likeness (QED) is 0.255. The Kier molecular flexibility index (Phi) is 7.83. The van der Waals surface area contributed by atoms with E-state index in [1.807, 2.05) is 0 Å². The van der Waals surface area contributed by atoms with Crippen molar-refractivity contribution in [1.82, 2.24) is 0 Å². The lowest BCUT2D eigenvalue weighted by Crippen LogP contribution is -2.16. The van der Waals surface area contributed by atoms with Gasteiger partial charge in [-0.1, -0.05) is 29.8 Å². The fourth-order valence-corrected chi connectivity index (χ4v) is 3.63. The van der Waals surface area contributed by atoms with Gasteiger partial charge in [-0.25, -0.2) is 4.39 Å². The monoisotopic (exact) mass is 471 g/mol. The van der Waals surface area contributed by atoms with Gasteiger partial charge in [-0.3, -0.25) is 14.9 Å². The van der Waals surface area contributed by atoms with Crippen LogP contribution in [0.1, 0.15) is 17.5 Å². The smallest absolute Gasteiger partial charge is 0.308 e. The Morgan fingerprint density at radius 1 is 1.43 bits per heavy atom. The average Bonchev–Trinajstić information content (AvgIpc) is 2.61. The molecule has 0 aliphatic heterocycles. The van der Waals surface area contributed by atoms with Gasteiger partial charge in [-0.05, 0) is 33.0 Å². The first-order chi connectivity index (χ1) is 13.2. The molecule has 0 saturated heterocycles. The highest BCUT2D eigenvalue weighted by molar-refractivity contribution is 9.10. The van der Waals surface area contributed by atoms with Crippen LogP contribution in [0.25, 0.3) is 0 Å². The van der Waals surface area contributed by atoms with Gasteiger partial charge in [-0.15, -0.1) is 0 Å². The second kappa shape index (κ2) is 9.88. The van der Waals surface area contributed by atoms with Gasteiger partial charge in [0.15, 0.2) is 0 Å². The molecule has 1 atom stereocenters. The minimum atomic E-state index is -1.35. The molecule has 2 aromatic carbocycles. The molecule has 2 aromatic rings. The normalized spacial score (nSPS) is 11.7. The number of nitro groups is 1. The molecule has 0 fully saturated rings. The maximum Gasteiger partial charge on any atom is 0.308 e. The van der Waals surface area contributed by atoms with Gasteiger partial charge in [-0.2, -0.15) is 0 Å². The van der Waals surface area contributed by atoms with Gasteiger partial charge < -0.3 is 9.47 Å². The predicted octanol–water partition coefficient (Wildman–Crippen LogP) is 3.29. The van der Waals surface area contributed by atoms with Gasteiger partial charge in [0.1, 0.15) is 31.4 Å². The number of carbonyl (C=O) groups excluding carboxylic acids is 1. The lowest BCUT2D eigenvalue weighted by atomic mass is 9.91. The second-order valence-corrected chi connectivity index (χ2v) is 7.33. The minimum Gasteiger partial charge on any atom is -0.488 e. The van der Waals surface area contributed by atoms with Crippen molar-refractivity contribution >= 4 is 52.5 Å². The first-order valence-electron chi connectivity index (χ1n) is 8.27. The van der Waals surface area contributed by atoms with E-state index in [0.29, 0.717) is 21.3 Å². The molecule has 0 amide bonds. The Hall–Kier alpha value is -2.13. The minimum absolute atomic E-state index is 0.0287. The van der Waals surface area contributed by atoms with Crippen LogP contribution in [0, 0.1) is 10.1 Å². The molecule has 148 valence electrons. The summed E-state index contributed by atoms with van der Waals surface area (Å²) in [6.07, 6.45) is -1.60. The number of alkyl halides is 1. The number of esters is 1. The molecule has 0 spiro atoms. The van der Waals surface area contributed by atoms with Crippen molar-refractivity contribution in [2.75, 3.05) is 7.11 Å². The Bertz CT molecular complexity index is 875. The van der Waals surface area contributed by atoms with Crippen LogP contribution >= 0.6 is 27.5 Å². The molecule has 2 rings (SSSR count). The number of benzene rings is 2. The fraction of sp³-hybridized carbons (Fsp3) is 0.278. The molecule has 0 aliphatic rings. The molecule has 10 heteroatoms. The second-order valence-electron chi connectivity index (χ2n) is 6.10. The summed E-state index contributed by atoms with van der Waals surface area (Å²) in [5.74, 6) is -0.0771. The van der Waals surface area contributed by atoms with Crippen LogP contribution in [0.5, 0.6) is 5.75 Å². The number of carbonyl (C=O) groups is 1. The number of ether oxygens (including phenoxy) is 2. The van der Waals surface area contributed by atoms with E-state index < -0.39 is 17.1 Å². The van der Waals surface area contributed by atoms with E-state index in [2.05, 4.69) is 20.7 Å². The summed E-state index contributed by atoms with van der Waals surface area (Å²) in [6.45, 7) is 0.0351. The lowest BCUT2D eigenvalue weighted by molar-refractivity contribution is -0.384. The van der Waals surface area contributed by atoms with Crippen LogP contribution in [0.3, 0.4) is 0 Å². The number of hydrogen-bond acceptors (Lipinski definition) is 5. The SMILES string of the molecule is Bc1cc(CC(F)CC(=O)OC)cc(Br)c1OCc1cccc([N+](=O)[O-])c1Cl. The topological polar surface area (TPSA) is 78.7 Å². The van der Waals surface area contributed by atoms with E-state index in [9.17, 15) is 19.3 Å². The summed E-state index contributed by atoms with van der Waals surface area (Å²) in [5, 5.41) is 11.0. The van der Waals surface area contributed by atoms with Gasteiger partial charge in [0.05, 0.1) is 22.9 Å². The zero-order valence-electron chi connectivity index (χ0n) is 15.2. The molecule has 1 unspecified atom stereocenters. The number of nitro benzene ring substituents is 1. The maximum atomic E-state index is 14.0. The van der Waals surface area contributed by atoms with Crippen LogP contribution in [-0.2, 0) is 22.6 Å². The van der Waals surface area contributed by atoms with E-state index in [4.69, 9.17) is 16.3 Å². The van der Waals surface area contributed by atoms with Crippen LogP contribution in [-0.4, -0.2) is 32.0 Å². The van der Waals surface area contributed by atoms with Gasteiger partial charge in [0.25, 0.3) is 5.69 Å². The highest BCUT2D eigenvalue weighted by Gasteiger charge is 2.18. The maximum absolute atomic E-state index is 14.0. The van der Waals surface area contributed by atoms with E-state index in [1.54, 1.807) is 26.0 Å². The molecule has 0 N–H and O–H groups in total. The third-order valence-electron chi connectivity index (χ3n) is 3.99. The number of hydrogen-bond donors (Lipinski definition) is 0. The fourth-order valence-electron chi connectivity index (χ4n) is 2.66. The highest BCUT2D eigenvalue weighted by Crippen LogP contribution is 2.30. The predicted molar refractivity (Wildman–Crippen MR) is 110 cm³/mol. The third kappa shape index (κ3) is 5.69. The Balaban J connectivity index is 2.12. The largest absolute Gasteiger partial charge is 0.488 e. The van der Waals surface area contributed by atoms with Gasteiger partial charge >= 0.3 is 5.97 Å². The Labute approximate surface area is 175 Å². The van der Waals surface area contributed by atoms with Crippen molar-refractivity contribution in [3.05, 3.63) is 61.1 Å². The molecule has 0 heterocycles. The van der Waals surface area contributed by atoms with Gasteiger partial charge in [0.2, 0.25) is 0 Å². The third-order valence-corrected chi connectivity index (χ3v) is 5.01. The van der Waals surface area contributed by atoms with Crippen LogP contribution in [0.4, 0.5) is 10.1 Å². The number of methoxy groups -OCH3 is 1. The zero-order chi connectivity index (χ0) is 20.8. The molecule has 28 heavy (non-hydrogen) atoms. The van der Waals surface area contributed by atoms with E-state index in [0.717, 1.165) is 5.46 Å². The van der Waals surface area contributed by atoms with Crippen molar-refractivity contribution < 1.29 is 23.6 Å². The first kappa shape index (κ1) is 22.2. The summed E-state index contributed by atoms with van der Waals surface area (Å²) in [4.78, 5) is 21.6. The molecule has 0 radical (unpaired) electrons. The van der Waals surface area contributed by atoms with Gasteiger partial charge in [0, 0.05) is 18.1 Å². The van der Waals surface area contributed by atoms with Crippen LogP contribution in [0.2, 0.25) is 5.02 Å². The van der Waals surface area contributed by atoms with Crippen molar-refractivity contribution in [1.29, 1.82) is 0 Å². The number of nitrogens with zero attached hydrogens (tertiary/aromatic N) is 1. The number of halogens is 3. The van der Waals surface area contributed by atoms with Crippen molar-refractivity contribution in [2.45, 2.75) is 25.6 Å². The highest BCUT2D eigenvalue weighted by atomic mass is 79.9. The molecule has 0 bridgehead atoms. The van der Waals surface area contributed by atoms with E-state index in [-0.39, 0.29) is 30.2 Å². The summed E-state index contributed by atoms with van der Waals surface area (Å²) >= 11 is 9.47.